The number of benzene rings is 1. The molecular formula is C14H17NO3. The van der Waals surface area contributed by atoms with E-state index < -0.39 is 11.9 Å². The highest BCUT2D eigenvalue weighted by atomic mass is 16.4. The van der Waals surface area contributed by atoms with E-state index in [1.807, 2.05) is 24.3 Å². The minimum Gasteiger partial charge on any atom is -0.481 e. The molecule has 1 atom stereocenters. The van der Waals surface area contributed by atoms with Gasteiger partial charge in [-0.05, 0) is 17.5 Å². The molecule has 4 heteroatoms. The van der Waals surface area contributed by atoms with Crippen LogP contribution in [-0.2, 0) is 9.59 Å². The highest BCUT2D eigenvalue weighted by molar-refractivity contribution is 5.99. The number of para-hydroxylation sites is 1. The Morgan fingerprint density at radius 3 is 2.61 bits per heavy atom. The molecule has 1 N–H and O–H groups in total. The van der Waals surface area contributed by atoms with Crippen LogP contribution in [0.2, 0.25) is 0 Å². The fourth-order valence-electron chi connectivity index (χ4n) is 2.33. The number of carbonyl (C=O) groups is 2. The van der Waals surface area contributed by atoms with E-state index in [1.54, 1.807) is 4.90 Å². The molecule has 0 aromatic heterocycles. The standard InChI is InChI=1S/C14H17NO3/c1-9(2)11-5-3-4-6-12(11)15-8-10(14(17)18)7-13(15)16/h3-6,9-10H,7-8H2,1-2H3,(H,17,18)/t10-/m0/s1. The molecule has 0 spiro atoms. The van der Waals surface area contributed by atoms with E-state index in [-0.39, 0.29) is 18.9 Å². The molecule has 1 aliphatic heterocycles. The summed E-state index contributed by atoms with van der Waals surface area (Å²) in [5.41, 5.74) is 1.93. The van der Waals surface area contributed by atoms with Crippen LogP contribution in [0.15, 0.2) is 24.3 Å². The molecule has 96 valence electrons. The lowest BCUT2D eigenvalue weighted by molar-refractivity contribution is -0.141. The molecule has 1 aliphatic rings. The minimum atomic E-state index is -0.895. The van der Waals surface area contributed by atoms with Crippen LogP contribution in [0.5, 0.6) is 0 Å². The van der Waals surface area contributed by atoms with E-state index in [9.17, 15) is 9.59 Å². The van der Waals surface area contributed by atoms with Crippen LogP contribution in [0.1, 0.15) is 31.7 Å². The quantitative estimate of drug-likeness (QED) is 0.891. The summed E-state index contributed by atoms with van der Waals surface area (Å²) in [5, 5.41) is 9.00. The van der Waals surface area contributed by atoms with Crippen LogP contribution in [0.4, 0.5) is 5.69 Å². The summed E-state index contributed by atoms with van der Waals surface area (Å²) in [6.45, 7) is 4.40. The van der Waals surface area contributed by atoms with Crippen molar-refractivity contribution in [3.63, 3.8) is 0 Å². The molecule has 1 aromatic rings. The third kappa shape index (κ3) is 2.23. The Labute approximate surface area is 106 Å². The first kappa shape index (κ1) is 12.6. The number of carbonyl (C=O) groups excluding carboxylic acids is 1. The van der Waals surface area contributed by atoms with Crippen LogP contribution >= 0.6 is 0 Å². The lowest BCUT2D eigenvalue weighted by Crippen LogP contribution is -2.27. The normalized spacial score (nSPS) is 19.6. The topological polar surface area (TPSA) is 57.6 Å². The maximum Gasteiger partial charge on any atom is 0.308 e. The van der Waals surface area contributed by atoms with Gasteiger partial charge in [0.05, 0.1) is 5.92 Å². The van der Waals surface area contributed by atoms with Gasteiger partial charge in [-0.1, -0.05) is 32.0 Å². The summed E-state index contributed by atoms with van der Waals surface area (Å²) in [6.07, 6.45) is 0.0990. The van der Waals surface area contributed by atoms with Gasteiger partial charge in [-0.2, -0.15) is 0 Å². The van der Waals surface area contributed by atoms with Crippen LogP contribution in [0.3, 0.4) is 0 Å². The number of carboxylic acid groups (broad SMARTS) is 1. The van der Waals surface area contributed by atoms with Gasteiger partial charge < -0.3 is 10.0 Å². The Morgan fingerprint density at radius 1 is 1.39 bits per heavy atom. The molecule has 0 aliphatic carbocycles. The molecule has 1 aromatic carbocycles. The third-order valence-electron chi connectivity index (χ3n) is 3.32. The molecule has 0 radical (unpaired) electrons. The second kappa shape index (κ2) is 4.80. The van der Waals surface area contributed by atoms with Gasteiger partial charge in [-0.25, -0.2) is 0 Å². The number of amides is 1. The van der Waals surface area contributed by atoms with Gasteiger partial charge >= 0.3 is 5.97 Å². The average Bonchev–Trinajstić information content (AvgIpc) is 2.71. The molecule has 18 heavy (non-hydrogen) atoms. The smallest absolute Gasteiger partial charge is 0.308 e. The lowest BCUT2D eigenvalue weighted by atomic mass is 10.0. The number of carboxylic acids is 1. The first-order valence-electron chi connectivity index (χ1n) is 6.12. The van der Waals surface area contributed by atoms with Crippen molar-refractivity contribution in [1.82, 2.24) is 0 Å². The Morgan fingerprint density at radius 2 is 2.06 bits per heavy atom. The van der Waals surface area contributed by atoms with E-state index in [1.165, 1.54) is 0 Å². The Balaban J connectivity index is 2.33. The predicted molar refractivity (Wildman–Crippen MR) is 68.6 cm³/mol. The average molecular weight is 247 g/mol. The van der Waals surface area contributed by atoms with E-state index in [2.05, 4.69) is 13.8 Å². The summed E-state index contributed by atoms with van der Waals surface area (Å²) >= 11 is 0. The van der Waals surface area contributed by atoms with Crippen molar-refractivity contribution in [2.75, 3.05) is 11.4 Å². The van der Waals surface area contributed by atoms with Crippen molar-refractivity contribution in [1.29, 1.82) is 0 Å². The molecule has 1 fully saturated rings. The third-order valence-corrected chi connectivity index (χ3v) is 3.32. The molecule has 1 amide bonds. The molecule has 1 heterocycles. The number of anilines is 1. The fraction of sp³-hybridized carbons (Fsp3) is 0.429. The molecule has 2 rings (SSSR count). The summed E-state index contributed by atoms with van der Waals surface area (Å²) < 4.78 is 0. The summed E-state index contributed by atoms with van der Waals surface area (Å²) in [4.78, 5) is 24.5. The number of hydrogen-bond acceptors (Lipinski definition) is 2. The molecule has 0 saturated carbocycles. The van der Waals surface area contributed by atoms with Crippen LogP contribution < -0.4 is 4.90 Å². The zero-order valence-corrected chi connectivity index (χ0v) is 10.6. The van der Waals surface area contributed by atoms with E-state index >= 15 is 0 Å². The summed E-state index contributed by atoms with van der Waals surface area (Å²) in [6, 6.07) is 7.69. The van der Waals surface area contributed by atoms with E-state index in [4.69, 9.17) is 5.11 Å². The maximum absolute atomic E-state index is 11.9. The highest BCUT2D eigenvalue weighted by Crippen LogP contribution is 2.31. The van der Waals surface area contributed by atoms with Gasteiger partial charge in [-0.15, -0.1) is 0 Å². The minimum absolute atomic E-state index is 0.0990. The fourth-order valence-corrected chi connectivity index (χ4v) is 2.33. The van der Waals surface area contributed by atoms with Gasteiger partial charge in [0.1, 0.15) is 0 Å². The van der Waals surface area contributed by atoms with E-state index in [0.717, 1.165) is 11.3 Å². The van der Waals surface area contributed by atoms with Gasteiger partial charge in [0.25, 0.3) is 0 Å². The number of hydrogen-bond donors (Lipinski definition) is 1. The Kier molecular flexibility index (Phi) is 3.36. The zero-order valence-electron chi connectivity index (χ0n) is 10.6. The number of rotatable bonds is 3. The zero-order chi connectivity index (χ0) is 13.3. The van der Waals surface area contributed by atoms with Crippen LogP contribution in [0, 0.1) is 5.92 Å². The van der Waals surface area contributed by atoms with Crippen molar-refractivity contribution < 1.29 is 14.7 Å². The van der Waals surface area contributed by atoms with Crippen molar-refractivity contribution in [2.24, 2.45) is 5.92 Å². The van der Waals surface area contributed by atoms with Gasteiger partial charge in [0.15, 0.2) is 0 Å². The number of aliphatic carboxylic acids is 1. The van der Waals surface area contributed by atoms with Crippen LogP contribution in [0.25, 0.3) is 0 Å². The summed E-state index contributed by atoms with van der Waals surface area (Å²) in [7, 11) is 0. The Bertz CT molecular complexity index is 482. The second-order valence-electron chi connectivity index (χ2n) is 4.96. The summed E-state index contributed by atoms with van der Waals surface area (Å²) in [5.74, 6) is -1.28. The monoisotopic (exact) mass is 247 g/mol. The molecule has 0 bridgehead atoms. The largest absolute Gasteiger partial charge is 0.481 e. The van der Waals surface area contributed by atoms with E-state index in [0.29, 0.717) is 5.92 Å². The highest BCUT2D eigenvalue weighted by Gasteiger charge is 2.35. The molecule has 0 unspecified atom stereocenters. The van der Waals surface area contributed by atoms with Gasteiger partial charge in [0.2, 0.25) is 5.91 Å². The van der Waals surface area contributed by atoms with Gasteiger partial charge in [0, 0.05) is 18.7 Å². The lowest BCUT2D eigenvalue weighted by Gasteiger charge is -2.21. The number of nitrogens with zero attached hydrogens (tertiary/aromatic N) is 1. The first-order chi connectivity index (χ1) is 8.50. The van der Waals surface area contributed by atoms with Gasteiger partial charge in [-0.3, -0.25) is 9.59 Å². The van der Waals surface area contributed by atoms with Crippen molar-refractivity contribution in [2.45, 2.75) is 26.2 Å². The van der Waals surface area contributed by atoms with Crippen molar-refractivity contribution in [3.8, 4) is 0 Å². The molecule has 1 saturated heterocycles. The first-order valence-corrected chi connectivity index (χ1v) is 6.12. The Hall–Kier alpha value is -1.84. The molecular weight excluding hydrogens is 230 g/mol. The van der Waals surface area contributed by atoms with Crippen molar-refractivity contribution in [3.05, 3.63) is 29.8 Å². The predicted octanol–water partition coefficient (Wildman–Crippen LogP) is 2.25. The maximum atomic E-state index is 11.9. The van der Waals surface area contributed by atoms with Crippen LogP contribution in [-0.4, -0.2) is 23.5 Å². The molecule has 4 nitrogen and oxygen atoms in total. The van der Waals surface area contributed by atoms with Crippen molar-refractivity contribution >= 4 is 17.6 Å². The SMILES string of the molecule is CC(C)c1ccccc1N1C[C@@H](C(=O)O)CC1=O. The second-order valence-corrected chi connectivity index (χ2v) is 4.96.